The van der Waals surface area contributed by atoms with Crippen LogP contribution in [0.2, 0.25) is 0 Å². The smallest absolute Gasteiger partial charge is 0.338 e. The van der Waals surface area contributed by atoms with Crippen LogP contribution in [-0.4, -0.2) is 25.2 Å². The monoisotopic (exact) mass is 487 g/mol. The van der Waals surface area contributed by atoms with Crippen molar-refractivity contribution in [2.45, 2.75) is 33.4 Å². The van der Waals surface area contributed by atoms with Crippen molar-refractivity contribution in [2.75, 3.05) is 13.2 Å². The van der Waals surface area contributed by atoms with Gasteiger partial charge in [-0.15, -0.1) is 0 Å². The van der Waals surface area contributed by atoms with Gasteiger partial charge in [-0.25, -0.2) is 4.79 Å². The summed E-state index contributed by atoms with van der Waals surface area (Å²) in [4.78, 5) is 24.4. The fourth-order valence-electron chi connectivity index (χ4n) is 4.01. The number of nitrogens with two attached hydrogens (primary N) is 1. The van der Waals surface area contributed by atoms with Crippen molar-refractivity contribution in [3.05, 3.63) is 89.2 Å². The molecule has 0 spiro atoms. The van der Waals surface area contributed by atoms with E-state index in [4.69, 9.17) is 24.4 Å². The van der Waals surface area contributed by atoms with Gasteiger partial charge in [0.25, 0.3) is 0 Å². The molecule has 36 heavy (non-hydrogen) atoms. The van der Waals surface area contributed by atoms with Crippen LogP contribution in [0.15, 0.2) is 71.3 Å². The summed E-state index contributed by atoms with van der Waals surface area (Å²) in [5, 5.41) is 0.941. The summed E-state index contributed by atoms with van der Waals surface area (Å²) in [5.41, 5.74) is 11.4. The lowest BCUT2D eigenvalue weighted by Gasteiger charge is -2.14. The second kappa shape index (κ2) is 11.6. The maximum Gasteiger partial charge on any atom is 0.338 e. The molecule has 7 nitrogen and oxygen atoms in total. The predicted octanol–water partition coefficient (Wildman–Crippen LogP) is 5.42. The lowest BCUT2D eigenvalue weighted by Crippen LogP contribution is -2.11. The van der Waals surface area contributed by atoms with E-state index in [1.54, 1.807) is 38.3 Å². The normalized spacial score (nSPS) is 10.9. The van der Waals surface area contributed by atoms with E-state index >= 15 is 0 Å². The number of benzene rings is 3. The van der Waals surface area contributed by atoms with Crippen LogP contribution in [0.5, 0.6) is 5.75 Å². The summed E-state index contributed by atoms with van der Waals surface area (Å²) in [6.45, 7) is 4.71. The van der Waals surface area contributed by atoms with Crippen molar-refractivity contribution in [1.82, 2.24) is 0 Å². The zero-order valence-electron chi connectivity index (χ0n) is 20.4. The van der Waals surface area contributed by atoms with Gasteiger partial charge in [0.2, 0.25) is 0 Å². The molecular weight excluding hydrogens is 458 g/mol. The highest BCUT2D eigenvalue weighted by atomic mass is 16.5. The van der Waals surface area contributed by atoms with Gasteiger partial charge in [0, 0.05) is 23.1 Å². The van der Waals surface area contributed by atoms with E-state index in [1.165, 1.54) is 0 Å². The van der Waals surface area contributed by atoms with Gasteiger partial charge in [0.1, 0.15) is 17.9 Å². The fourth-order valence-corrected chi connectivity index (χ4v) is 4.01. The lowest BCUT2D eigenvalue weighted by molar-refractivity contribution is -0.142. The number of rotatable bonds is 10. The van der Waals surface area contributed by atoms with Crippen LogP contribution in [0, 0.1) is 0 Å². The van der Waals surface area contributed by atoms with E-state index in [0.29, 0.717) is 23.4 Å². The van der Waals surface area contributed by atoms with Gasteiger partial charge < -0.3 is 24.4 Å². The Balaban J connectivity index is 1.66. The van der Waals surface area contributed by atoms with E-state index in [-0.39, 0.29) is 32.2 Å². The van der Waals surface area contributed by atoms with Gasteiger partial charge in [-0.3, -0.25) is 4.79 Å². The minimum Gasteiger partial charge on any atom is -0.489 e. The number of carbonyl (C=O) groups excluding carboxylic acids is 2. The Labute approximate surface area is 209 Å². The van der Waals surface area contributed by atoms with Crippen LogP contribution in [0.3, 0.4) is 0 Å². The molecule has 1 heterocycles. The molecule has 0 unspecified atom stereocenters. The van der Waals surface area contributed by atoms with Gasteiger partial charge in [-0.2, -0.15) is 0 Å². The Kier molecular flexibility index (Phi) is 8.02. The molecular formula is C29H29NO6. The summed E-state index contributed by atoms with van der Waals surface area (Å²) in [5.74, 6) is -0.396. The topological polar surface area (TPSA) is 101 Å². The van der Waals surface area contributed by atoms with Crippen molar-refractivity contribution in [1.29, 1.82) is 0 Å². The van der Waals surface area contributed by atoms with Gasteiger partial charge in [-0.05, 0) is 66.9 Å². The molecule has 1 aromatic heterocycles. The van der Waals surface area contributed by atoms with Gasteiger partial charge in [-0.1, -0.05) is 24.3 Å². The third kappa shape index (κ3) is 5.75. The number of esters is 2. The van der Waals surface area contributed by atoms with Gasteiger partial charge in [0.05, 0.1) is 31.5 Å². The fraction of sp³-hybridized carbons (Fsp3) is 0.241. The SMILES string of the molecule is CCOC(=O)Cc1ccc(C(=O)OCC)cc1OCc1cc(-c2cccc(CN)c2)c2occc2c1. The lowest BCUT2D eigenvalue weighted by atomic mass is 9.99. The van der Waals surface area contributed by atoms with Crippen molar-refractivity contribution in [2.24, 2.45) is 5.73 Å². The molecule has 0 aliphatic carbocycles. The third-order valence-electron chi connectivity index (χ3n) is 5.70. The molecule has 0 radical (unpaired) electrons. The molecule has 7 heteroatoms. The Morgan fingerprint density at radius 1 is 0.917 bits per heavy atom. The maximum absolute atomic E-state index is 12.3. The Morgan fingerprint density at radius 2 is 1.75 bits per heavy atom. The predicted molar refractivity (Wildman–Crippen MR) is 137 cm³/mol. The molecule has 2 N–H and O–H groups in total. The van der Waals surface area contributed by atoms with E-state index in [9.17, 15) is 9.59 Å². The molecule has 0 saturated heterocycles. The quantitative estimate of drug-likeness (QED) is 0.298. The molecule has 0 atom stereocenters. The summed E-state index contributed by atoms with van der Waals surface area (Å²) in [6.07, 6.45) is 1.69. The summed E-state index contributed by atoms with van der Waals surface area (Å²) in [7, 11) is 0. The van der Waals surface area contributed by atoms with Crippen molar-refractivity contribution >= 4 is 22.9 Å². The minimum absolute atomic E-state index is 0.0319. The van der Waals surface area contributed by atoms with Crippen LogP contribution in [-0.2, 0) is 33.8 Å². The molecule has 0 bridgehead atoms. The largest absolute Gasteiger partial charge is 0.489 e. The molecule has 4 aromatic rings. The first kappa shape index (κ1) is 25.0. The first-order valence-corrected chi connectivity index (χ1v) is 11.9. The number of carbonyl (C=O) groups is 2. The molecule has 4 rings (SSSR count). The zero-order chi connectivity index (χ0) is 25.5. The summed E-state index contributed by atoms with van der Waals surface area (Å²) in [6, 6.07) is 18.9. The molecule has 0 saturated carbocycles. The van der Waals surface area contributed by atoms with Crippen LogP contribution < -0.4 is 10.5 Å². The number of hydrogen-bond donors (Lipinski definition) is 1. The average Bonchev–Trinajstić information content (AvgIpc) is 3.36. The molecule has 0 amide bonds. The van der Waals surface area contributed by atoms with Crippen LogP contribution in [0.4, 0.5) is 0 Å². The van der Waals surface area contributed by atoms with E-state index < -0.39 is 5.97 Å². The Hall–Kier alpha value is -4.10. The van der Waals surface area contributed by atoms with Crippen molar-refractivity contribution < 1.29 is 28.2 Å². The van der Waals surface area contributed by atoms with Gasteiger partial charge in [0.15, 0.2) is 0 Å². The first-order valence-electron chi connectivity index (χ1n) is 11.9. The Morgan fingerprint density at radius 3 is 2.53 bits per heavy atom. The van der Waals surface area contributed by atoms with Crippen LogP contribution >= 0.6 is 0 Å². The molecule has 0 fully saturated rings. The number of fused-ring (bicyclic) bond motifs is 1. The standard InChI is InChI=1S/C29H29NO6/c1-3-33-27(31)16-22-8-9-24(29(32)34-4-2)15-26(22)36-18-20-13-23-10-11-35-28(23)25(14-20)21-7-5-6-19(12-21)17-30/h5-15H,3-4,16-18,30H2,1-2H3. The second-order valence-corrected chi connectivity index (χ2v) is 8.20. The van der Waals surface area contributed by atoms with E-state index in [2.05, 4.69) is 0 Å². The van der Waals surface area contributed by atoms with Gasteiger partial charge >= 0.3 is 11.9 Å². The van der Waals surface area contributed by atoms with Crippen LogP contribution in [0.1, 0.15) is 40.9 Å². The molecule has 3 aromatic carbocycles. The van der Waals surface area contributed by atoms with Crippen LogP contribution in [0.25, 0.3) is 22.1 Å². The highest BCUT2D eigenvalue weighted by Gasteiger charge is 2.16. The number of hydrogen-bond acceptors (Lipinski definition) is 7. The summed E-state index contributed by atoms with van der Waals surface area (Å²) >= 11 is 0. The molecule has 0 aliphatic rings. The maximum atomic E-state index is 12.3. The van der Waals surface area contributed by atoms with E-state index in [0.717, 1.165) is 33.2 Å². The van der Waals surface area contributed by atoms with Crippen molar-refractivity contribution in [3.8, 4) is 16.9 Å². The highest BCUT2D eigenvalue weighted by molar-refractivity contribution is 5.93. The number of furan rings is 1. The number of ether oxygens (including phenoxy) is 3. The molecule has 0 aliphatic heterocycles. The first-order chi connectivity index (χ1) is 17.5. The summed E-state index contributed by atoms with van der Waals surface area (Å²) < 4.78 is 22.2. The molecule has 186 valence electrons. The second-order valence-electron chi connectivity index (χ2n) is 8.20. The van der Waals surface area contributed by atoms with E-state index in [1.807, 2.05) is 42.5 Å². The van der Waals surface area contributed by atoms with Crippen molar-refractivity contribution in [3.63, 3.8) is 0 Å². The zero-order valence-corrected chi connectivity index (χ0v) is 20.4. The highest BCUT2D eigenvalue weighted by Crippen LogP contribution is 2.32. The Bertz CT molecular complexity index is 1370. The third-order valence-corrected chi connectivity index (χ3v) is 5.70. The minimum atomic E-state index is -0.452. The average molecular weight is 488 g/mol.